The molecule has 30 heavy (non-hydrogen) atoms. The highest BCUT2D eigenvalue weighted by Crippen LogP contribution is 2.22. The number of thioether (sulfide) groups is 1. The second-order valence-electron chi connectivity index (χ2n) is 6.71. The third kappa shape index (κ3) is 6.59. The maximum atomic E-state index is 13.8. The van der Waals surface area contributed by atoms with Gasteiger partial charge in [-0.3, -0.25) is 4.79 Å². The molecular weight excluding hydrogens is 405 g/mol. The van der Waals surface area contributed by atoms with E-state index in [1.54, 1.807) is 18.2 Å². The summed E-state index contributed by atoms with van der Waals surface area (Å²) in [6.07, 6.45) is 4.21. The van der Waals surface area contributed by atoms with Gasteiger partial charge in [-0.1, -0.05) is 50.1 Å². The van der Waals surface area contributed by atoms with Crippen LogP contribution in [0.1, 0.15) is 45.4 Å². The summed E-state index contributed by atoms with van der Waals surface area (Å²) in [4.78, 5) is 12.2. The summed E-state index contributed by atoms with van der Waals surface area (Å²) in [5, 5.41) is 18.0. The summed E-state index contributed by atoms with van der Waals surface area (Å²) in [6.45, 7) is 4.38. The van der Waals surface area contributed by atoms with Crippen molar-refractivity contribution in [3.63, 3.8) is 0 Å². The van der Waals surface area contributed by atoms with E-state index in [4.69, 9.17) is 15.7 Å². The second kappa shape index (κ2) is 12.0. The average molecular weight is 432 g/mol. The third-order valence-corrected chi connectivity index (χ3v) is 5.31. The van der Waals surface area contributed by atoms with Crippen LogP contribution in [0.3, 0.4) is 0 Å². The lowest BCUT2D eigenvalue weighted by Gasteiger charge is -2.11. The van der Waals surface area contributed by atoms with E-state index >= 15 is 0 Å². The molecular formula is C21H26FN5O2S. The van der Waals surface area contributed by atoms with Crippen molar-refractivity contribution in [2.24, 2.45) is 5.73 Å². The van der Waals surface area contributed by atoms with E-state index in [1.807, 2.05) is 10.6 Å². The fraction of sp³-hybridized carbons (Fsp3) is 0.429. The number of ketones is 1. The Kier molecular flexibility index (Phi) is 9.35. The number of nitrogens with two attached hydrogens (primary N) is 1. The number of halogens is 1. The number of carbonyl (C=O) groups excluding carboxylic acids is 1. The van der Waals surface area contributed by atoms with Crippen LogP contribution in [-0.2, 0) is 17.9 Å². The lowest BCUT2D eigenvalue weighted by atomic mass is 10.2. The highest BCUT2D eigenvalue weighted by atomic mass is 32.2. The molecule has 0 aliphatic heterocycles. The normalized spacial score (nSPS) is 11.7. The molecule has 7 nitrogen and oxygen atoms in total. The van der Waals surface area contributed by atoms with E-state index < -0.39 is 5.82 Å². The van der Waals surface area contributed by atoms with E-state index in [9.17, 15) is 9.18 Å². The van der Waals surface area contributed by atoms with Crippen LogP contribution in [0.15, 0.2) is 40.7 Å². The van der Waals surface area contributed by atoms with Crippen molar-refractivity contribution in [1.29, 1.82) is 5.26 Å². The first-order chi connectivity index (χ1) is 14.5. The zero-order chi connectivity index (χ0) is 21.9. The summed E-state index contributed by atoms with van der Waals surface area (Å²) in [5.41, 5.74) is 5.75. The van der Waals surface area contributed by atoms with Gasteiger partial charge in [0.15, 0.2) is 28.3 Å². The minimum atomic E-state index is -0.445. The Balaban J connectivity index is 2.12. The molecule has 0 radical (unpaired) electrons. The molecule has 9 heteroatoms. The van der Waals surface area contributed by atoms with Gasteiger partial charge in [0.1, 0.15) is 18.2 Å². The minimum Gasteiger partial charge on any atom is -0.483 e. The summed E-state index contributed by atoms with van der Waals surface area (Å²) >= 11 is 1.20. The van der Waals surface area contributed by atoms with Crippen molar-refractivity contribution in [3.8, 4) is 11.8 Å². The Morgan fingerprint density at radius 2 is 2.07 bits per heavy atom. The first-order valence-corrected chi connectivity index (χ1v) is 10.8. The lowest BCUT2D eigenvalue weighted by molar-refractivity contribution is -0.112. The predicted octanol–water partition coefficient (Wildman–Crippen LogP) is 3.99. The summed E-state index contributed by atoms with van der Waals surface area (Å²) in [6, 6.07) is 8.02. The topological polar surface area (TPSA) is 107 Å². The Labute approximate surface area is 180 Å². The van der Waals surface area contributed by atoms with Crippen LogP contribution in [-0.4, -0.2) is 26.3 Å². The van der Waals surface area contributed by atoms with E-state index in [0.717, 1.165) is 25.7 Å². The summed E-state index contributed by atoms with van der Waals surface area (Å²) in [7, 11) is 0. The Bertz CT molecular complexity index is 932. The maximum Gasteiger partial charge on any atom is 0.191 e. The zero-order valence-corrected chi connectivity index (χ0v) is 18.0. The molecule has 0 fully saturated rings. The molecule has 2 rings (SSSR count). The number of allylic oxidation sites excluding steroid dienone is 2. The Morgan fingerprint density at radius 1 is 1.30 bits per heavy atom. The van der Waals surface area contributed by atoms with Gasteiger partial charge in [-0.15, -0.1) is 10.2 Å². The van der Waals surface area contributed by atoms with E-state index in [2.05, 4.69) is 17.1 Å². The number of benzene rings is 1. The highest BCUT2D eigenvalue weighted by Gasteiger charge is 2.17. The largest absolute Gasteiger partial charge is 0.483 e. The first kappa shape index (κ1) is 23.4. The van der Waals surface area contributed by atoms with Crippen LogP contribution >= 0.6 is 11.8 Å². The first-order valence-electron chi connectivity index (χ1n) is 9.79. The van der Waals surface area contributed by atoms with E-state index in [-0.39, 0.29) is 35.2 Å². The van der Waals surface area contributed by atoms with Crippen LogP contribution < -0.4 is 10.5 Å². The van der Waals surface area contributed by atoms with Crippen LogP contribution in [0.25, 0.3) is 0 Å². The molecule has 0 amide bonds. The molecule has 1 aromatic carbocycles. The van der Waals surface area contributed by atoms with Crippen molar-refractivity contribution in [1.82, 2.24) is 14.8 Å². The molecule has 0 spiro atoms. The smallest absolute Gasteiger partial charge is 0.191 e. The van der Waals surface area contributed by atoms with Crippen molar-refractivity contribution in [3.05, 3.63) is 47.2 Å². The van der Waals surface area contributed by atoms with Crippen molar-refractivity contribution >= 4 is 17.5 Å². The van der Waals surface area contributed by atoms with Gasteiger partial charge in [-0.05, 0) is 25.5 Å². The molecule has 0 bridgehead atoms. The van der Waals surface area contributed by atoms with Crippen LogP contribution in [0, 0.1) is 17.1 Å². The number of Topliss-reactive ketones (excluding diaryl/α,β-unsaturated/α-hetero) is 1. The average Bonchev–Trinajstić information content (AvgIpc) is 3.11. The SMILES string of the molecule is CCCCCCn1c(COc2ccccc2F)nnc1SCC(=O)/C(C#N)=C(\C)N. The molecule has 0 atom stereocenters. The van der Waals surface area contributed by atoms with Gasteiger partial charge in [0.25, 0.3) is 0 Å². The van der Waals surface area contributed by atoms with Crippen molar-refractivity contribution in [2.45, 2.75) is 57.8 Å². The molecule has 0 aliphatic carbocycles. The third-order valence-electron chi connectivity index (χ3n) is 4.34. The van der Waals surface area contributed by atoms with Gasteiger partial charge in [-0.2, -0.15) is 5.26 Å². The zero-order valence-electron chi connectivity index (χ0n) is 17.2. The molecule has 1 heterocycles. The van der Waals surface area contributed by atoms with Gasteiger partial charge < -0.3 is 15.0 Å². The number of nitrogens with zero attached hydrogens (tertiary/aromatic N) is 4. The number of carbonyl (C=O) groups is 1. The number of para-hydroxylation sites is 1. The highest BCUT2D eigenvalue weighted by molar-refractivity contribution is 7.99. The van der Waals surface area contributed by atoms with Crippen LogP contribution in [0.5, 0.6) is 5.75 Å². The van der Waals surface area contributed by atoms with E-state index in [1.165, 1.54) is 24.8 Å². The molecule has 2 aromatic rings. The van der Waals surface area contributed by atoms with Crippen molar-refractivity contribution < 1.29 is 13.9 Å². The molecule has 0 saturated heterocycles. The maximum absolute atomic E-state index is 13.8. The monoisotopic (exact) mass is 431 g/mol. The number of hydrogen-bond acceptors (Lipinski definition) is 7. The minimum absolute atomic E-state index is 0.0265. The van der Waals surface area contributed by atoms with Crippen molar-refractivity contribution in [2.75, 3.05) is 5.75 Å². The van der Waals surface area contributed by atoms with Gasteiger partial charge in [0.2, 0.25) is 0 Å². The quantitative estimate of drug-likeness (QED) is 0.234. The lowest BCUT2D eigenvalue weighted by Crippen LogP contribution is -2.12. The molecule has 0 saturated carbocycles. The molecule has 160 valence electrons. The molecule has 1 aromatic heterocycles. The Morgan fingerprint density at radius 3 is 2.73 bits per heavy atom. The van der Waals surface area contributed by atoms with Crippen LogP contribution in [0.4, 0.5) is 4.39 Å². The second-order valence-corrected chi connectivity index (χ2v) is 7.65. The fourth-order valence-corrected chi connectivity index (χ4v) is 3.59. The van der Waals surface area contributed by atoms with E-state index in [0.29, 0.717) is 17.5 Å². The number of hydrogen-bond donors (Lipinski definition) is 1. The number of rotatable bonds is 12. The number of unbranched alkanes of at least 4 members (excludes halogenated alkanes) is 3. The standard InChI is InChI=1S/C21H26FN5O2S/c1-3-4-5-8-11-27-20(13-29-19-10-7-6-9-17(19)22)25-26-21(27)30-14-18(28)16(12-23)15(2)24/h6-7,9-10H,3-5,8,11,13-14,24H2,1-2H3/b16-15+. The number of nitriles is 1. The number of aromatic nitrogens is 3. The fourth-order valence-electron chi connectivity index (χ4n) is 2.73. The number of ether oxygens (including phenoxy) is 1. The van der Waals surface area contributed by atoms with Gasteiger partial charge in [0, 0.05) is 12.2 Å². The predicted molar refractivity (Wildman–Crippen MR) is 113 cm³/mol. The molecule has 0 unspecified atom stereocenters. The van der Waals surface area contributed by atoms with Gasteiger partial charge in [-0.25, -0.2) is 4.39 Å². The van der Waals surface area contributed by atoms with Gasteiger partial charge >= 0.3 is 0 Å². The summed E-state index contributed by atoms with van der Waals surface area (Å²) in [5.74, 6) is -0.0779. The molecule has 0 aliphatic rings. The van der Waals surface area contributed by atoms with Gasteiger partial charge in [0.05, 0.1) is 5.75 Å². The molecule has 2 N–H and O–H groups in total. The Hall–Kier alpha value is -2.86. The van der Waals surface area contributed by atoms with Crippen LogP contribution in [0.2, 0.25) is 0 Å². The summed E-state index contributed by atoms with van der Waals surface area (Å²) < 4.78 is 21.3.